The lowest BCUT2D eigenvalue weighted by molar-refractivity contribution is -0.384. The minimum Gasteiger partial charge on any atom is -0.351 e. The quantitative estimate of drug-likeness (QED) is 0.545. The van der Waals surface area contributed by atoms with Crippen molar-refractivity contribution in [3.05, 3.63) is 34.4 Å². The number of carbonyl (C=O) groups is 1. The first-order valence-corrected chi connectivity index (χ1v) is 12.4. The van der Waals surface area contributed by atoms with Gasteiger partial charge in [0, 0.05) is 12.1 Å². The van der Waals surface area contributed by atoms with Crippen molar-refractivity contribution in [1.82, 2.24) is 5.32 Å². The number of hydrogen-bond donors (Lipinski definition) is 1. The average molecular weight is 436 g/mol. The zero-order chi connectivity index (χ0) is 21.8. The molecule has 0 heterocycles. The second kappa shape index (κ2) is 7.21. The van der Waals surface area contributed by atoms with Crippen molar-refractivity contribution in [2.24, 2.45) is 23.7 Å². The number of sulfonamides is 1. The van der Waals surface area contributed by atoms with Crippen LogP contribution in [0.15, 0.2) is 24.3 Å². The fourth-order valence-corrected chi connectivity index (χ4v) is 7.69. The highest BCUT2D eigenvalue weighted by molar-refractivity contribution is 7.92. The van der Waals surface area contributed by atoms with Gasteiger partial charge in [0.15, 0.2) is 0 Å². The Labute approximate surface area is 177 Å². The van der Waals surface area contributed by atoms with E-state index in [0.29, 0.717) is 11.8 Å². The van der Waals surface area contributed by atoms with Crippen LogP contribution < -0.4 is 9.62 Å². The molecule has 0 saturated heterocycles. The minimum absolute atomic E-state index is 0.0525. The van der Waals surface area contributed by atoms with Crippen LogP contribution in [0.5, 0.6) is 0 Å². The molecule has 164 valence electrons. The highest BCUT2D eigenvalue weighted by Crippen LogP contribution is 2.53. The Balaban J connectivity index is 1.64. The maximum Gasteiger partial charge on any atom is 0.293 e. The third-order valence-electron chi connectivity index (χ3n) is 7.22. The van der Waals surface area contributed by atoms with Crippen LogP contribution in [0.1, 0.15) is 46.0 Å². The smallest absolute Gasteiger partial charge is 0.293 e. The predicted molar refractivity (Wildman–Crippen MR) is 113 cm³/mol. The maximum absolute atomic E-state index is 13.4. The van der Waals surface area contributed by atoms with Crippen LogP contribution in [-0.4, -0.2) is 37.1 Å². The van der Waals surface area contributed by atoms with Gasteiger partial charge in [-0.15, -0.1) is 0 Å². The summed E-state index contributed by atoms with van der Waals surface area (Å²) in [5.74, 6) is 1.99. The number of rotatable bonds is 6. The van der Waals surface area contributed by atoms with Crippen molar-refractivity contribution in [3.63, 3.8) is 0 Å². The molecule has 0 aliphatic heterocycles. The SMILES string of the molecule is CC(C)(C(=O)NC1C2CC3CC(C2)CC1C3)N(c1ccccc1[N+](=O)[O-])S(C)(=O)=O. The van der Waals surface area contributed by atoms with Crippen molar-refractivity contribution in [3.8, 4) is 0 Å². The van der Waals surface area contributed by atoms with Crippen LogP contribution in [0.3, 0.4) is 0 Å². The monoisotopic (exact) mass is 435 g/mol. The van der Waals surface area contributed by atoms with Crippen molar-refractivity contribution >= 4 is 27.3 Å². The number of para-hydroxylation sites is 2. The Morgan fingerprint density at radius 2 is 1.63 bits per heavy atom. The van der Waals surface area contributed by atoms with E-state index in [-0.39, 0.29) is 17.4 Å². The summed E-state index contributed by atoms with van der Waals surface area (Å²) < 4.78 is 26.3. The molecule has 0 atom stereocenters. The number of nitrogens with zero attached hydrogens (tertiary/aromatic N) is 2. The van der Waals surface area contributed by atoms with Gasteiger partial charge in [-0.05, 0) is 75.7 Å². The standard InChI is InChI=1S/C21H29N3O5S/c1-21(2,23(30(3,28)29)17-6-4-5-7-18(17)24(26)27)20(25)22-19-15-9-13-8-14(11-15)12-16(19)10-13/h4-7,13-16,19H,8-12H2,1-3H3,(H,22,25). The second-order valence-electron chi connectivity index (χ2n) is 9.76. The zero-order valence-corrected chi connectivity index (χ0v) is 18.4. The molecule has 4 fully saturated rings. The number of nitro groups is 1. The molecule has 4 bridgehead atoms. The molecule has 1 amide bonds. The lowest BCUT2D eigenvalue weighted by Crippen LogP contribution is -2.63. The van der Waals surface area contributed by atoms with Crippen LogP contribution in [0, 0.1) is 33.8 Å². The fraction of sp³-hybridized carbons (Fsp3) is 0.667. The van der Waals surface area contributed by atoms with Crippen LogP contribution in [0.4, 0.5) is 11.4 Å². The van der Waals surface area contributed by atoms with Gasteiger partial charge in [-0.3, -0.25) is 14.9 Å². The summed E-state index contributed by atoms with van der Waals surface area (Å²) >= 11 is 0. The molecule has 4 saturated carbocycles. The molecule has 1 aromatic rings. The highest BCUT2D eigenvalue weighted by atomic mass is 32.2. The van der Waals surface area contributed by atoms with E-state index in [1.54, 1.807) is 0 Å². The predicted octanol–water partition coefficient (Wildman–Crippen LogP) is 3.08. The molecule has 0 aromatic heterocycles. The van der Waals surface area contributed by atoms with E-state index in [1.165, 1.54) is 44.5 Å². The van der Waals surface area contributed by atoms with E-state index in [4.69, 9.17) is 0 Å². The van der Waals surface area contributed by atoms with Gasteiger partial charge in [0.1, 0.15) is 11.2 Å². The second-order valence-corrected chi connectivity index (χ2v) is 11.6. The summed E-state index contributed by atoms with van der Waals surface area (Å²) in [4.78, 5) is 24.3. The van der Waals surface area contributed by atoms with Crippen LogP contribution in [0.25, 0.3) is 0 Å². The first-order chi connectivity index (χ1) is 14.0. The molecule has 5 rings (SSSR count). The van der Waals surface area contributed by atoms with Crippen molar-refractivity contribution < 1.29 is 18.1 Å². The third kappa shape index (κ3) is 3.57. The van der Waals surface area contributed by atoms with Gasteiger partial charge in [-0.2, -0.15) is 0 Å². The van der Waals surface area contributed by atoms with Crippen molar-refractivity contribution in [2.45, 2.75) is 57.5 Å². The summed E-state index contributed by atoms with van der Waals surface area (Å²) in [6.07, 6.45) is 6.77. The lowest BCUT2D eigenvalue weighted by atomic mass is 9.54. The van der Waals surface area contributed by atoms with Crippen LogP contribution >= 0.6 is 0 Å². The Bertz CT molecular complexity index is 947. The normalized spacial score (nSPS) is 30.2. The molecule has 0 spiro atoms. The van der Waals surface area contributed by atoms with Gasteiger partial charge in [-0.1, -0.05) is 12.1 Å². The number of nitrogens with one attached hydrogen (secondary N) is 1. The van der Waals surface area contributed by atoms with E-state index < -0.39 is 26.4 Å². The number of hydrogen-bond acceptors (Lipinski definition) is 5. The summed E-state index contributed by atoms with van der Waals surface area (Å²) in [7, 11) is -3.97. The first-order valence-electron chi connectivity index (χ1n) is 10.5. The molecule has 0 radical (unpaired) electrons. The van der Waals surface area contributed by atoms with Gasteiger partial charge in [0.2, 0.25) is 15.9 Å². The molecule has 1 aromatic carbocycles. The van der Waals surface area contributed by atoms with E-state index in [0.717, 1.165) is 48.1 Å². The zero-order valence-electron chi connectivity index (χ0n) is 17.6. The largest absolute Gasteiger partial charge is 0.351 e. The van der Waals surface area contributed by atoms with Crippen molar-refractivity contribution in [1.29, 1.82) is 0 Å². The molecule has 8 nitrogen and oxygen atoms in total. The van der Waals surface area contributed by atoms with E-state index >= 15 is 0 Å². The van der Waals surface area contributed by atoms with Gasteiger partial charge in [-0.25, -0.2) is 12.7 Å². The fourth-order valence-electron chi connectivity index (χ4n) is 6.27. The maximum atomic E-state index is 13.4. The van der Waals surface area contributed by atoms with Gasteiger partial charge < -0.3 is 5.32 Å². The molecule has 4 aliphatic carbocycles. The number of anilines is 1. The van der Waals surface area contributed by atoms with Crippen LogP contribution in [0.2, 0.25) is 0 Å². The molecule has 1 N–H and O–H groups in total. The number of nitro benzene ring substituents is 1. The first kappa shape index (κ1) is 21.1. The Kier molecular flexibility index (Phi) is 5.07. The van der Waals surface area contributed by atoms with E-state index in [1.807, 2.05) is 0 Å². The van der Waals surface area contributed by atoms with E-state index in [9.17, 15) is 23.3 Å². The highest BCUT2D eigenvalue weighted by Gasteiger charge is 2.51. The molecular formula is C21H29N3O5S. The molecule has 9 heteroatoms. The lowest BCUT2D eigenvalue weighted by Gasteiger charge is -2.55. The summed E-state index contributed by atoms with van der Waals surface area (Å²) in [5, 5.41) is 14.7. The van der Waals surface area contributed by atoms with E-state index in [2.05, 4.69) is 5.32 Å². The summed E-state index contributed by atoms with van der Waals surface area (Å²) in [5.41, 5.74) is -1.97. The van der Waals surface area contributed by atoms with Crippen LogP contribution in [-0.2, 0) is 14.8 Å². The summed E-state index contributed by atoms with van der Waals surface area (Å²) in [6.45, 7) is 3.02. The number of amides is 1. The Hall–Kier alpha value is -2.16. The Morgan fingerprint density at radius 1 is 1.10 bits per heavy atom. The van der Waals surface area contributed by atoms with Crippen molar-refractivity contribution in [2.75, 3.05) is 10.6 Å². The summed E-state index contributed by atoms with van der Waals surface area (Å²) in [6, 6.07) is 5.68. The molecular weight excluding hydrogens is 406 g/mol. The Morgan fingerprint density at radius 3 is 2.13 bits per heavy atom. The number of benzene rings is 1. The molecule has 4 aliphatic rings. The molecule has 0 unspecified atom stereocenters. The average Bonchev–Trinajstić information content (AvgIpc) is 2.62. The van der Waals surface area contributed by atoms with Gasteiger partial charge in [0.05, 0.1) is 11.2 Å². The van der Waals surface area contributed by atoms with Gasteiger partial charge >= 0.3 is 0 Å². The topological polar surface area (TPSA) is 110 Å². The third-order valence-corrected chi connectivity index (χ3v) is 8.53. The number of carbonyl (C=O) groups excluding carboxylic acids is 1. The van der Waals surface area contributed by atoms with Gasteiger partial charge in [0.25, 0.3) is 5.69 Å². The minimum atomic E-state index is -3.97. The molecule has 30 heavy (non-hydrogen) atoms.